The van der Waals surface area contributed by atoms with Crippen LogP contribution in [-0.2, 0) is 27.2 Å². The minimum atomic E-state index is -0.739. The number of fused-ring (bicyclic) bond motifs is 1. The highest BCUT2D eigenvalue weighted by atomic mass is 16.5. The summed E-state index contributed by atoms with van der Waals surface area (Å²) in [6, 6.07) is 16.3. The number of likely N-dealkylation sites (N-methyl/N-ethyl adjacent to an activating group) is 1. The SMILES string of the molecule is CC(C)[C@@H]1NCCOc2ccccc2CCCNC(=O)[C@@H](Cc2ccccc2)NC(=O)CN(C)C1=O. The van der Waals surface area contributed by atoms with E-state index >= 15 is 0 Å². The zero-order chi connectivity index (χ0) is 25.9. The molecule has 0 aliphatic carbocycles. The van der Waals surface area contributed by atoms with Crippen LogP contribution in [0.5, 0.6) is 5.75 Å². The van der Waals surface area contributed by atoms with Crippen LogP contribution in [0.3, 0.4) is 0 Å². The van der Waals surface area contributed by atoms with Crippen molar-refractivity contribution in [3.05, 3.63) is 65.7 Å². The second-order valence-corrected chi connectivity index (χ2v) is 9.53. The van der Waals surface area contributed by atoms with Crippen LogP contribution in [0.2, 0.25) is 0 Å². The van der Waals surface area contributed by atoms with Crippen LogP contribution in [-0.4, -0.2) is 68.0 Å². The van der Waals surface area contributed by atoms with E-state index in [2.05, 4.69) is 16.0 Å². The molecule has 1 aliphatic heterocycles. The number of nitrogens with one attached hydrogen (secondary N) is 3. The summed E-state index contributed by atoms with van der Waals surface area (Å²) in [5.41, 5.74) is 2.01. The van der Waals surface area contributed by atoms with Gasteiger partial charge >= 0.3 is 0 Å². The molecule has 2 atom stereocenters. The highest BCUT2D eigenvalue weighted by Gasteiger charge is 2.27. The quantitative estimate of drug-likeness (QED) is 0.606. The van der Waals surface area contributed by atoms with Crippen molar-refractivity contribution in [2.24, 2.45) is 5.92 Å². The highest BCUT2D eigenvalue weighted by Crippen LogP contribution is 2.19. The minimum Gasteiger partial charge on any atom is -0.492 e. The topological polar surface area (TPSA) is 99.8 Å². The van der Waals surface area contributed by atoms with E-state index in [1.165, 1.54) is 4.90 Å². The van der Waals surface area contributed by atoms with Gasteiger partial charge in [0.1, 0.15) is 18.4 Å². The summed E-state index contributed by atoms with van der Waals surface area (Å²) in [6.07, 6.45) is 1.85. The van der Waals surface area contributed by atoms with Crippen LogP contribution in [0.25, 0.3) is 0 Å². The maximum absolute atomic E-state index is 13.1. The van der Waals surface area contributed by atoms with Gasteiger partial charge in [0.15, 0.2) is 0 Å². The molecular formula is C28H38N4O4. The van der Waals surface area contributed by atoms with Gasteiger partial charge in [-0.3, -0.25) is 14.4 Å². The van der Waals surface area contributed by atoms with Gasteiger partial charge in [-0.05, 0) is 36.0 Å². The molecule has 0 unspecified atom stereocenters. The summed E-state index contributed by atoms with van der Waals surface area (Å²) < 4.78 is 6.01. The molecule has 3 N–H and O–H groups in total. The van der Waals surface area contributed by atoms with Gasteiger partial charge in [0.2, 0.25) is 17.7 Å². The first-order valence-electron chi connectivity index (χ1n) is 12.6. The lowest BCUT2D eigenvalue weighted by atomic mass is 10.0. The van der Waals surface area contributed by atoms with E-state index in [1.54, 1.807) is 7.05 Å². The van der Waals surface area contributed by atoms with Crippen LogP contribution in [0.15, 0.2) is 54.6 Å². The molecule has 3 rings (SSSR count). The Morgan fingerprint density at radius 2 is 1.72 bits per heavy atom. The first-order valence-corrected chi connectivity index (χ1v) is 12.6. The number of hydrogen-bond donors (Lipinski definition) is 3. The van der Waals surface area contributed by atoms with Crippen molar-refractivity contribution < 1.29 is 19.1 Å². The molecule has 2 aromatic rings. The second kappa shape index (κ2) is 13.6. The summed E-state index contributed by atoms with van der Waals surface area (Å²) in [6.45, 7) is 5.18. The maximum Gasteiger partial charge on any atom is 0.242 e. The third-order valence-corrected chi connectivity index (χ3v) is 6.24. The van der Waals surface area contributed by atoms with Gasteiger partial charge in [0.25, 0.3) is 0 Å². The lowest BCUT2D eigenvalue weighted by molar-refractivity contribution is -0.138. The maximum atomic E-state index is 13.1. The normalized spacial score (nSPS) is 21.0. The van der Waals surface area contributed by atoms with Gasteiger partial charge in [-0.2, -0.15) is 0 Å². The fraction of sp³-hybridized carbons (Fsp3) is 0.464. The van der Waals surface area contributed by atoms with Crippen molar-refractivity contribution in [1.29, 1.82) is 0 Å². The zero-order valence-electron chi connectivity index (χ0n) is 21.5. The number of carbonyl (C=O) groups excluding carboxylic acids is 3. The van der Waals surface area contributed by atoms with Crippen LogP contribution in [0.4, 0.5) is 0 Å². The number of carbonyl (C=O) groups is 3. The Bertz CT molecular complexity index is 1010. The Morgan fingerprint density at radius 1 is 1.00 bits per heavy atom. The lowest BCUT2D eigenvalue weighted by Gasteiger charge is -2.28. The van der Waals surface area contributed by atoms with E-state index in [-0.39, 0.29) is 30.2 Å². The van der Waals surface area contributed by atoms with Gasteiger partial charge in [0.05, 0.1) is 12.6 Å². The second-order valence-electron chi connectivity index (χ2n) is 9.53. The molecule has 1 heterocycles. The fourth-order valence-electron chi connectivity index (χ4n) is 4.28. The fourth-order valence-corrected chi connectivity index (χ4v) is 4.28. The summed E-state index contributed by atoms with van der Waals surface area (Å²) in [5.74, 6) is 0.0464. The van der Waals surface area contributed by atoms with Gasteiger partial charge in [-0.15, -0.1) is 0 Å². The highest BCUT2D eigenvalue weighted by molar-refractivity contribution is 5.91. The number of ether oxygens (including phenoxy) is 1. The molecule has 8 heteroatoms. The predicted molar refractivity (Wildman–Crippen MR) is 140 cm³/mol. The van der Waals surface area contributed by atoms with Gasteiger partial charge in [-0.1, -0.05) is 62.4 Å². The molecule has 36 heavy (non-hydrogen) atoms. The Morgan fingerprint density at radius 3 is 2.47 bits per heavy atom. The van der Waals surface area contributed by atoms with Crippen molar-refractivity contribution in [3.8, 4) is 5.75 Å². The molecule has 0 spiro atoms. The molecule has 2 aromatic carbocycles. The molecule has 0 fully saturated rings. The van der Waals surface area contributed by atoms with Crippen LogP contribution in [0.1, 0.15) is 31.4 Å². The number of rotatable bonds is 3. The molecule has 3 amide bonds. The molecule has 8 nitrogen and oxygen atoms in total. The largest absolute Gasteiger partial charge is 0.492 e. The standard InChI is InChI=1S/C28H38N4O4/c1-20(2)26-28(35)32(3)19-25(33)31-23(18-21-10-5-4-6-11-21)27(34)30-15-9-13-22-12-7-8-14-24(22)36-17-16-29-26/h4-8,10-12,14,20,23,26,29H,9,13,15-19H2,1-3H3,(H,30,34)(H,31,33)/t23-,26+/m1/s1. The van der Waals surface area contributed by atoms with Crippen molar-refractivity contribution in [2.45, 2.75) is 45.2 Å². The molecule has 1 aliphatic rings. The number of nitrogens with zero attached hydrogens (tertiary/aromatic N) is 1. The summed E-state index contributed by atoms with van der Waals surface area (Å²) in [7, 11) is 1.61. The molecular weight excluding hydrogens is 456 g/mol. The van der Waals surface area contributed by atoms with E-state index < -0.39 is 12.1 Å². The van der Waals surface area contributed by atoms with Crippen molar-refractivity contribution in [2.75, 3.05) is 33.3 Å². The molecule has 0 saturated heterocycles. The summed E-state index contributed by atoms with van der Waals surface area (Å²) in [5, 5.41) is 9.10. The average molecular weight is 495 g/mol. The summed E-state index contributed by atoms with van der Waals surface area (Å²) >= 11 is 0. The Kier molecular flexibility index (Phi) is 10.3. The number of benzene rings is 2. The van der Waals surface area contributed by atoms with Crippen LogP contribution < -0.4 is 20.7 Å². The van der Waals surface area contributed by atoms with E-state index in [1.807, 2.05) is 68.4 Å². The zero-order valence-corrected chi connectivity index (χ0v) is 21.5. The molecule has 194 valence electrons. The van der Waals surface area contributed by atoms with Crippen LogP contribution >= 0.6 is 0 Å². The third-order valence-electron chi connectivity index (χ3n) is 6.24. The van der Waals surface area contributed by atoms with E-state index in [0.29, 0.717) is 26.1 Å². The molecule has 0 saturated carbocycles. The summed E-state index contributed by atoms with van der Waals surface area (Å²) in [4.78, 5) is 40.4. The molecule has 0 bridgehead atoms. The first kappa shape index (κ1) is 27.2. The monoisotopic (exact) mass is 494 g/mol. The minimum absolute atomic E-state index is 0.0255. The number of aryl methyl sites for hydroxylation is 1. The molecule has 0 radical (unpaired) electrons. The smallest absolute Gasteiger partial charge is 0.242 e. The van der Waals surface area contributed by atoms with Gasteiger partial charge < -0.3 is 25.6 Å². The van der Waals surface area contributed by atoms with E-state index in [0.717, 1.165) is 29.7 Å². The third kappa shape index (κ3) is 8.09. The van der Waals surface area contributed by atoms with Gasteiger partial charge in [0, 0.05) is 26.6 Å². The molecule has 0 aromatic heterocycles. The Labute approximate surface area is 213 Å². The van der Waals surface area contributed by atoms with Gasteiger partial charge in [-0.25, -0.2) is 0 Å². The first-order chi connectivity index (χ1) is 17.3. The van der Waals surface area contributed by atoms with Crippen molar-refractivity contribution >= 4 is 17.7 Å². The van der Waals surface area contributed by atoms with Crippen LogP contribution in [0, 0.1) is 5.92 Å². The predicted octanol–water partition coefficient (Wildman–Crippen LogP) is 1.93. The Hall–Kier alpha value is -3.39. The Balaban J connectivity index is 1.79. The van der Waals surface area contributed by atoms with Crippen molar-refractivity contribution in [3.63, 3.8) is 0 Å². The number of amides is 3. The van der Waals surface area contributed by atoms with Crippen molar-refractivity contribution in [1.82, 2.24) is 20.9 Å². The van der Waals surface area contributed by atoms with E-state index in [4.69, 9.17) is 4.74 Å². The van der Waals surface area contributed by atoms with E-state index in [9.17, 15) is 14.4 Å². The average Bonchev–Trinajstić information content (AvgIpc) is 2.86. The lowest BCUT2D eigenvalue weighted by Crippen LogP contribution is -2.54. The number of hydrogen-bond acceptors (Lipinski definition) is 5. The number of para-hydroxylation sites is 1.